The van der Waals surface area contributed by atoms with Crippen molar-refractivity contribution in [3.63, 3.8) is 0 Å². The second kappa shape index (κ2) is 14.0. The number of nitrogens with one attached hydrogen (secondary N) is 2. The van der Waals surface area contributed by atoms with Crippen LogP contribution >= 0.6 is 0 Å². The molecule has 0 saturated carbocycles. The molecule has 0 saturated heterocycles. The van der Waals surface area contributed by atoms with Gasteiger partial charge in [0.15, 0.2) is 5.78 Å². The van der Waals surface area contributed by atoms with Crippen LogP contribution in [0.25, 0.3) is 11.5 Å². The van der Waals surface area contributed by atoms with E-state index in [-0.39, 0.29) is 30.8 Å². The van der Waals surface area contributed by atoms with Crippen molar-refractivity contribution in [2.24, 2.45) is 11.8 Å². The van der Waals surface area contributed by atoms with Crippen LogP contribution in [-0.2, 0) is 27.5 Å². The number of carbonyl (C=O) groups excluding carboxylic acids is 3. The summed E-state index contributed by atoms with van der Waals surface area (Å²) in [6.07, 6.45) is 1.72. The van der Waals surface area contributed by atoms with Gasteiger partial charge in [0.05, 0.1) is 6.04 Å². The van der Waals surface area contributed by atoms with Crippen LogP contribution in [-0.4, -0.2) is 55.1 Å². The van der Waals surface area contributed by atoms with Crippen molar-refractivity contribution < 1.29 is 19.1 Å². The van der Waals surface area contributed by atoms with Crippen molar-refractivity contribution >= 4 is 17.8 Å². The number of pyridine rings is 1. The summed E-state index contributed by atoms with van der Waals surface area (Å²) in [6.45, 7) is 7.74. The summed E-state index contributed by atoms with van der Waals surface area (Å²) in [4.78, 5) is 44.3. The first-order chi connectivity index (χ1) is 18.2. The van der Waals surface area contributed by atoms with Gasteiger partial charge < -0.3 is 15.4 Å². The maximum Gasteiger partial charge on any atom is 0.408 e. The van der Waals surface area contributed by atoms with Crippen molar-refractivity contribution in [3.8, 4) is 11.5 Å². The molecule has 38 heavy (non-hydrogen) atoms. The maximum atomic E-state index is 13.2. The molecule has 2 atom stereocenters. The zero-order chi connectivity index (χ0) is 27.5. The monoisotopic (exact) mass is 521 g/mol. The first-order valence-corrected chi connectivity index (χ1v) is 12.7. The first-order valence-electron chi connectivity index (χ1n) is 12.7. The van der Waals surface area contributed by atoms with Crippen LogP contribution < -0.4 is 10.6 Å². The lowest BCUT2D eigenvalue weighted by molar-refractivity contribution is -0.130. The van der Waals surface area contributed by atoms with Gasteiger partial charge in [-0.1, -0.05) is 64.1 Å². The fourth-order valence-electron chi connectivity index (χ4n) is 3.78. The molecule has 2 N–H and O–H groups in total. The Labute approximate surface area is 222 Å². The van der Waals surface area contributed by atoms with Gasteiger partial charge in [-0.3, -0.25) is 14.6 Å². The molecular weight excluding hydrogens is 486 g/mol. The average Bonchev–Trinajstić information content (AvgIpc) is 3.35. The van der Waals surface area contributed by atoms with E-state index in [9.17, 15) is 14.4 Å². The fourth-order valence-corrected chi connectivity index (χ4v) is 3.78. The third-order valence-corrected chi connectivity index (χ3v) is 5.58. The molecule has 2 amide bonds. The number of ketones is 1. The summed E-state index contributed by atoms with van der Waals surface area (Å²) in [6, 6.07) is 13.0. The van der Waals surface area contributed by atoms with Crippen LogP contribution in [0.2, 0.25) is 0 Å². The number of amides is 2. The molecule has 0 aliphatic heterocycles. The minimum absolute atomic E-state index is 0.0859. The Morgan fingerprint density at radius 2 is 1.58 bits per heavy atom. The first kappa shape index (κ1) is 28.4. The van der Waals surface area contributed by atoms with E-state index in [4.69, 9.17) is 4.74 Å². The quantitative estimate of drug-likeness (QED) is 0.349. The van der Waals surface area contributed by atoms with E-state index < -0.39 is 24.1 Å². The second-order valence-electron chi connectivity index (χ2n) is 9.90. The normalized spacial score (nSPS) is 12.7. The molecule has 1 aromatic carbocycles. The number of tetrazole rings is 1. The van der Waals surface area contributed by atoms with Gasteiger partial charge in [0.1, 0.15) is 24.9 Å². The van der Waals surface area contributed by atoms with Crippen LogP contribution in [0, 0.1) is 11.8 Å². The summed E-state index contributed by atoms with van der Waals surface area (Å²) in [5.74, 6) is -0.173. The van der Waals surface area contributed by atoms with E-state index in [1.807, 2.05) is 58.0 Å². The van der Waals surface area contributed by atoms with Gasteiger partial charge in [0, 0.05) is 6.20 Å². The smallest absolute Gasteiger partial charge is 0.408 e. The lowest BCUT2D eigenvalue weighted by Crippen LogP contribution is -2.52. The van der Waals surface area contributed by atoms with Gasteiger partial charge in [-0.15, -0.1) is 10.2 Å². The summed E-state index contributed by atoms with van der Waals surface area (Å²) >= 11 is 0. The summed E-state index contributed by atoms with van der Waals surface area (Å²) in [5, 5.41) is 17.7. The van der Waals surface area contributed by atoms with E-state index in [0.29, 0.717) is 24.4 Å². The zero-order valence-electron chi connectivity index (χ0n) is 22.2. The Morgan fingerprint density at radius 1 is 0.895 bits per heavy atom. The van der Waals surface area contributed by atoms with E-state index in [2.05, 4.69) is 31.0 Å². The van der Waals surface area contributed by atoms with E-state index >= 15 is 0 Å². The van der Waals surface area contributed by atoms with Crippen LogP contribution in [0.1, 0.15) is 46.1 Å². The number of rotatable bonds is 13. The topological polar surface area (TPSA) is 141 Å². The number of ether oxygens (including phenoxy) is 1. The standard InChI is InChI=1S/C27H35N7O4/c1-18(2)14-22(24(35)16-34-32-25(31-33-34)21-12-8-9-13-28-21)29-26(36)23(15-19(3)4)30-27(37)38-17-20-10-6-5-7-11-20/h5-13,18-19,22-23H,14-17H2,1-4H3,(H,29,36)(H,30,37)/t22-,23-/m0/s1. The molecule has 0 unspecified atom stereocenters. The van der Waals surface area contributed by atoms with Crippen molar-refractivity contribution in [1.29, 1.82) is 0 Å². The SMILES string of the molecule is CC(C)C[C@H](NC(=O)[C@H](CC(C)C)NC(=O)OCc1ccccc1)C(=O)Cn1nnc(-c2ccccn2)n1. The van der Waals surface area contributed by atoms with Crippen LogP contribution in [0.3, 0.4) is 0 Å². The Bertz CT molecular complexity index is 1180. The molecule has 202 valence electrons. The van der Waals surface area contributed by atoms with Crippen molar-refractivity contribution in [2.75, 3.05) is 0 Å². The Morgan fingerprint density at radius 3 is 2.24 bits per heavy atom. The lowest BCUT2D eigenvalue weighted by Gasteiger charge is -2.24. The number of hydrogen-bond acceptors (Lipinski definition) is 8. The van der Waals surface area contributed by atoms with Gasteiger partial charge in [0.2, 0.25) is 11.7 Å². The fraction of sp³-hybridized carbons (Fsp3) is 0.444. The number of benzene rings is 1. The summed E-state index contributed by atoms with van der Waals surface area (Å²) < 4.78 is 5.30. The average molecular weight is 522 g/mol. The molecular formula is C27H35N7O4. The molecule has 0 radical (unpaired) electrons. The predicted octanol–water partition coefficient (Wildman–Crippen LogP) is 3.18. The number of aromatic nitrogens is 5. The van der Waals surface area contributed by atoms with Crippen molar-refractivity contribution in [2.45, 2.75) is 65.8 Å². The lowest BCUT2D eigenvalue weighted by atomic mass is 9.98. The van der Waals surface area contributed by atoms with Crippen LogP contribution in [0.15, 0.2) is 54.7 Å². The largest absolute Gasteiger partial charge is 0.445 e. The van der Waals surface area contributed by atoms with Gasteiger partial charge >= 0.3 is 6.09 Å². The molecule has 3 rings (SSSR count). The number of carbonyl (C=O) groups is 3. The number of hydrogen-bond donors (Lipinski definition) is 2. The third-order valence-electron chi connectivity index (χ3n) is 5.58. The highest BCUT2D eigenvalue weighted by atomic mass is 16.5. The van der Waals surface area contributed by atoms with Gasteiger partial charge in [0.25, 0.3) is 0 Å². The molecule has 2 heterocycles. The Kier molecular flexibility index (Phi) is 10.4. The highest BCUT2D eigenvalue weighted by Crippen LogP contribution is 2.12. The predicted molar refractivity (Wildman–Crippen MR) is 140 cm³/mol. The van der Waals surface area contributed by atoms with E-state index in [0.717, 1.165) is 5.56 Å². The van der Waals surface area contributed by atoms with E-state index in [1.165, 1.54) is 4.80 Å². The molecule has 2 aromatic heterocycles. The summed E-state index contributed by atoms with van der Waals surface area (Å²) in [7, 11) is 0. The van der Waals surface area contributed by atoms with Crippen LogP contribution in [0.4, 0.5) is 4.79 Å². The third kappa shape index (κ3) is 9.06. The zero-order valence-corrected chi connectivity index (χ0v) is 22.2. The van der Waals surface area contributed by atoms with Crippen molar-refractivity contribution in [1.82, 2.24) is 35.8 Å². The minimum atomic E-state index is -0.860. The molecule has 0 fully saturated rings. The molecule has 0 aliphatic rings. The van der Waals surface area contributed by atoms with Gasteiger partial charge in [-0.25, -0.2) is 4.79 Å². The molecule has 3 aromatic rings. The highest BCUT2D eigenvalue weighted by Gasteiger charge is 2.29. The number of Topliss-reactive ketones (excluding diaryl/α,β-unsaturated/α-hetero) is 1. The minimum Gasteiger partial charge on any atom is -0.445 e. The molecule has 11 nitrogen and oxygen atoms in total. The molecule has 0 bridgehead atoms. The molecule has 0 spiro atoms. The Balaban J connectivity index is 1.64. The van der Waals surface area contributed by atoms with E-state index in [1.54, 1.807) is 24.4 Å². The summed E-state index contributed by atoms with van der Waals surface area (Å²) in [5.41, 5.74) is 1.38. The second-order valence-corrected chi connectivity index (χ2v) is 9.90. The van der Waals surface area contributed by atoms with Gasteiger partial charge in [-0.05, 0) is 47.6 Å². The number of alkyl carbamates (subject to hydrolysis) is 1. The number of nitrogens with zero attached hydrogens (tertiary/aromatic N) is 5. The maximum absolute atomic E-state index is 13.2. The highest BCUT2D eigenvalue weighted by molar-refractivity contribution is 5.92. The Hall–Kier alpha value is -4.15. The molecule has 11 heteroatoms. The van der Waals surface area contributed by atoms with Gasteiger partial charge in [-0.2, -0.15) is 4.80 Å². The van der Waals surface area contributed by atoms with Crippen molar-refractivity contribution in [3.05, 3.63) is 60.3 Å². The van der Waals surface area contributed by atoms with Crippen LogP contribution in [0.5, 0.6) is 0 Å². The molecule has 0 aliphatic carbocycles.